The van der Waals surface area contributed by atoms with E-state index in [0.717, 1.165) is 16.8 Å². The van der Waals surface area contributed by atoms with Crippen molar-refractivity contribution in [2.45, 2.75) is 13.8 Å². The molecule has 0 unspecified atom stereocenters. The molecule has 0 fully saturated rings. The van der Waals surface area contributed by atoms with Gasteiger partial charge in [-0.1, -0.05) is 18.2 Å². The van der Waals surface area contributed by atoms with Crippen LogP contribution in [0.4, 0.5) is 11.5 Å². The van der Waals surface area contributed by atoms with Gasteiger partial charge in [-0.25, -0.2) is 9.48 Å². The Morgan fingerprint density at radius 1 is 1.17 bits per heavy atom. The lowest BCUT2D eigenvalue weighted by Gasteiger charge is -2.07. The number of carboxylic acid groups (broad SMARTS) is 1. The molecular formula is C17H16N4O2. The number of hydrogen-bond donors (Lipinski definition) is 2. The summed E-state index contributed by atoms with van der Waals surface area (Å²) in [6, 6.07) is 9.39. The summed E-state index contributed by atoms with van der Waals surface area (Å²) >= 11 is 0. The Bertz CT molecular complexity index is 871. The van der Waals surface area contributed by atoms with Crippen LogP contribution in [-0.4, -0.2) is 25.8 Å². The Hall–Kier alpha value is -3.15. The molecule has 0 spiro atoms. The van der Waals surface area contributed by atoms with E-state index in [-0.39, 0.29) is 5.56 Å². The third-order valence-corrected chi connectivity index (χ3v) is 3.56. The van der Waals surface area contributed by atoms with Crippen LogP contribution >= 0.6 is 0 Å². The molecule has 0 aliphatic heterocycles. The van der Waals surface area contributed by atoms with Crippen LogP contribution in [-0.2, 0) is 0 Å². The molecule has 1 aromatic carbocycles. The largest absolute Gasteiger partial charge is 0.478 e. The summed E-state index contributed by atoms with van der Waals surface area (Å²) in [5.74, 6) is -0.408. The quantitative estimate of drug-likeness (QED) is 0.773. The lowest BCUT2D eigenvalue weighted by molar-refractivity contribution is 0.0698. The molecule has 0 aliphatic rings. The van der Waals surface area contributed by atoms with Crippen molar-refractivity contribution in [3.8, 4) is 5.69 Å². The van der Waals surface area contributed by atoms with Crippen molar-refractivity contribution < 1.29 is 9.90 Å². The van der Waals surface area contributed by atoms with E-state index in [1.54, 1.807) is 4.68 Å². The number of benzene rings is 1. The van der Waals surface area contributed by atoms with Gasteiger partial charge in [-0.3, -0.25) is 4.98 Å². The molecule has 3 aromatic rings. The molecule has 116 valence electrons. The molecule has 0 aliphatic carbocycles. The molecule has 0 amide bonds. The van der Waals surface area contributed by atoms with Crippen LogP contribution in [0.5, 0.6) is 0 Å². The first-order chi connectivity index (χ1) is 11.1. The van der Waals surface area contributed by atoms with Crippen LogP contribution in [0, 0.1) is 13.8 Å². The number of para-hydroxylation sites is 1. The van der Waals surface area contributed by atoms with Crippen molar-refractivity contribution in [2.24, 2.45) is 0 Å². The highest BCUT2D eigenvalue weighted by Crippen LogP contribution is 2.23. The van der Waals surface area contributed by atoms with Gasteiger partial charge in [0.25, 0.3) is 0 Å². The van der Waals surface area contributed by atoms with Crippen LogP contribution in [0.3, 0.4) is 0 Å². The molecular weight excluding hydrogens is 292 g/mol. The highest BCUT2D eigenvalue weighted by atomic mass is 16.4. The molecule has 2 N–H and O–H groups in total. The third kappa shape index (κ3) is 2.91. The fraction of sp³-hybridized carbons (Fsp3) is 0.118. The zero-order chi connectivity index (χ0) is 16.4. The van der Waals surface area contributed by atoms with Crippen molar-refractivity contribution in [2.75, 3.05) is 5.32 Å². The van der Waals surface area contributed by atoms with Gasteiger partial charge in [0.15, 0.2) is 5.82 Å². The van der Waals surface area contributed by atoms with Crippen molar-refractivity contribution in [3.63, 3.8) is 0 Å². The average molecular weight is 308 g/mol. The zero-order valence-electron chi connectivity index (χ0n) is 12.8. The van der Waals surface area contributed by atoms with Gasteiger partial charge in [0.2, 0.25) is 0 Å². The smallest absolute Gasteiger partial charge is 0.337 e. The van der Waals surface area contributed by atoms with Gasteiger partial charge in [-0.05, 0) is 31.5 Å². The lowest BCUT2D eigenvalue weighted by Crippen LogP contribution is -2.04. The first-order valence-electron chi connectivity index (χ1n) is 7.13. The van der Waals surface area contributed by atoms with Crippen molar-refractivity contribution in [3.05, 3.63) is 65.6 Å². The third-order valence-electron chi connectivity index (χ3n) is 3.56. The molecule has 0 radical (unpaired) electrons. The molecule has 0 bridgehead atoms. The topological polar surface area (TPSA) is 80.0 Å². The van der Waals surface area contributed by atoms with E-state index in [4.69, 9.17) is 0 Å². The molecule has 2 aromatic heterocycles. The number of nitrogens with one attached hydrogen (secondary N) is 1. The summed E-state index contributed by atoms with van der Waals surface area (Å²) in [5.41, 5.74) is 3.57. The summed E-state index contributed by atoms with van der Waals surface area (Å²) in [5, 5.41) is 16.8. The van der Waals surface area contributed by atoms with E-state index in [1.165, 1.54) is 18.5 Å². The number of nitrogens with zero attached hydrogens (tertiary/aromatic N) is 3. The molecule has 2 heterocycles. The summed E-state index contributed by atoms with van der Waals surface area (Å²) in [6.07, 6.45) is 4.84. The minimum atomic E-state index is -1.01. The Kier molecular flexibility index (Phi) is 3.80. The predicted molar refractivity (Wildman–Crippen MR) is 87.5 cm³/mol. The van der Waals surface area contributed by atoms with Gasteiger partial charge < -0.3 is 10.4 Å². The first-order valence-corrected chi connectivity index (χ1v) is 7.13. The number of pyridine rings is 1. The van der Waals surface area contributed by atoms with Gasteiger partial charge in [-0.15, -0.1) is 5.10 Å². The second-order valence-electron chi connectivity index (χ2n) is 5.24. The van der Waals surface area contributed by atoms with E-state index < -0.39 is 5.97 Å². The second-order valence-corrected chi connectivity index (χ2v) is 5.24. The van der Waals surface area contributed by atoms with Crippen molar-refractivity contribution in [1.29, 1.82) is 0 Å². The number of aromatic carboxylic acids is 1. The van der Waals surface area contributed by atoms with E-state index in [0.29, 0.717) is 11.5 Å². The molecule has 0 saturated heterocycles. The number of aromatic nitrogens is 3. The van der Waals surface area contributed by atoms with Crippen molar-refractivity contribution in [1.82, 2.24) is 14.8 Å². The highest BCUT2D eigenvalue weighted by Gasteiger charge is 2.13. The maximum Gasteiger partial charge on any atom is 0.337 e. The van der Waals surface area contributed by atoms with E-state index >= 15 is 0 Å². The zero-order valence-corrected chi connectivity index (χ0v) is 12.8. The van der Waals surface area contributed by atoms with Gasteiger partial charge in [0.05, 0.1) is 23.1 Å². The maximum atomic E-state index is 11.3. The summed E-state index contributed by atoms with van der Waals surface area (Å²) in [6.45, 7) is 3.93. The Morgan fingerprint density at radius 3 is 2.70 bits per heavy atom. The first kappa shape index (κ1) is 14.8. The second kappa shape index (κ2) is 5.92. The summed E-state index contributed by atoms with van der Waals surface area (Å²) in [7, 11) is 0. The lowest BCUT2D eigenvalue weighted by atomic mass is 10.2. The molecule has 0 atom stereocenters. The Labute approximate surface area is 133 Å². The Morgan fingerprint density at radius 2 is 1.96 bits per heavy atom. The predicted octanol–water partition coefficient (Wildman–Crippen LogP) is 3.33. The fourth-order valence-corrected chi connectivity index (χ4v) is 2.34. The number of rotatable bonds is 4. The van der Waals surface area contributed by atoms with Crippen LogP contribution < -0.4 is 5.32 Å². The molecule has 23 heavy (non-hydrogen) atoms. The monoisotopic (exact) mass is 308 g/mol. The standard InChI is InChI=1S/C17H16N4O2/c1-11-5-3-4-6-15(11)21-10-12(2)16(20-21)19-14-9-18-8-7-13(14)17(22)23/h3-10H,1-2H3,(H,19,20)(H,22,23). The SMILES string of the molecule is Cc1ccccc1-n1cc(C)c(Nc2cnccc2C(=O)O)n1. The van der Waals surface area contributed by atoms with Gasteiger partial charge in [0, 0.05) is 18.0 Å². The van der Waals surface area contributed by atoms with Crippen LogP contribution in [0.1, 0.15) is 21.5 Å². The molecule has 6 nitrogen and oxygen atoms in total. The molecule has 3 rings (SSSR count). The Balaban J connectivity index is 1.97. The van der Waals surface area contributed by atoms with Crippen LogP contribution in [0.15, 0.2) is 48.9 Å². The highest BCUT2D eigenvalue weighted by molar-refractivity contribution is 5.94. The number of carboxylic acids is 1. The summed E-state index contributed by atoms with van der Waals surface area (Å²) < 4.78 is 1.78. The van der Waals surface area contributed by atoms with Gasteiger partial charge in [0.1, 0.15) is 0 Å². The van der Waals surface area contributed by atoms with Gasteiger partial charge in [-0.2, -0.15) is 0 Å². The summed E-state index contributed by atoms with van der Waals surface area (Å²) in [4.78, 5) is 15.2. The van der Waals surface area contributed by atoms with E-state index in [2.05, 4.69) is 15.4 Å². The van der Waals surface area contributed by atoms with E-state index in [1.807, 2.05) is 44.3 Å². The van der Waals surface area contributed by atoms with Crippen LogP contribution in [0.25, 0.3) is 5.69 Å². The van der Waals surface area contributed by atoms with E-state index in [9.17, 15) is 9.90 Å². The maximum absolute atomic E-state index is 11.3. The minimum Gasteiger partial charge on any atom is -0.478 e. The normalized spacial score (nSPS) is 10.5. The number of aryl methyl sites for hydroxylation is 2. The van der Waals surface area contributed by atoms with Crippen molar-refractivity contribution >= 4 is 17.5 Å². The number of carbonyl (C=O) groups is 1. The number of anilines is 2. The molecule has 6 heteroatoms. The van der Waals surface area contributed by atoms with Gasteiger partial charge >= 0.3 is 5.97 Å². The fourth-order valence-electron chi connectivity index (χ4n) is 2.34. The van der Waals surface area contributed by atoms with Crippen LogP contribution in [0.2, 0.25) is 0 Å². The average Bonchev–Trinajstić information content (AvgIpc) is 2.89. The number of hydrogen-bond acceptors (Lipinski definition) is 4. The minimum absolute atomic E-state index is 0.157. The molecule has 0 saturated carbocycles.